The number of ether oxygens (including phenoxy) is 2. The van der Waals surface area contributed by atoms with Crippen LogP contribution in [-0.2, 0) is 51.2 Å². The number of fused-ring (bicyclic) bond motifs is 5. The van der Waals surface area contributed by atoms with E-state index in [-0.39, 0.29) is 40.8 Å². The quantitative estimate of drug-likeness (QED) is 0.267. The van der Waals surface area contributed by atoms with Crippen molar-refractivity contribution in [2.45, 2.75) is 55.6 Å². The van der Waals surface area contributed by atoms with Crippen molar-refractivity contribution in [1.29, 1.82) is 0 Å². The smallest absolute Gasteiger partial charge is 0.325 e. The molecule has 0 saturated carbocycles. The van der Waals surface area contributed by atoms with Gasteiger partial charge in [-0.3, -0.25) is 32.8 Å². The molecule has 45 heavy (non-hydrogen) atoms. The first-order chi connectivity index (χ1) is 21.3. The average Bonchev–Trinajstić information content (AvgIpc) is 3.72. The zero-order valence-electron chi connectivity index (χ0n) is 22.4. The van der Waals surface area contributed by atoms with Gasteiger partial charge in [0.15, 0.2) is 53.3 Å². The molecule has 4 aliphatic rings. The van der Waals surface area contributed by atoms with Gasteiger partial charge in [-0.1, -0.05) is 0 Å². The number of aromatic amines is 1. The number of Topliss-reactive ketones (excluding diaryl/α,β-unsaturated/α-hetero) is 1. The SMILES string of the molecule is Nc1nc2c(ncn2[C@@H]2O[C@@H]3COP(O)(=S)O[C@H]4[C@H](F)[C@H](n5cnc6c5N=CCC6=O)O[C@@H]4COP(O)(=S)OC2[C@@H]3F)c(=O)[nH]1. The van der Waals surface area contributed by atoms with Crippen LogP contribution in [0.1, 0.15) is 29.4 Å². The summed E-state index contributed by atoms with van der Waals surface area (Å²) in [6.45, 7) is -10.1. The Balaban J connectivity index is 1.20. The highest BCUT2D eigenvalue weighted by Gasteiger charge is 2.54. The third-order valence-corrected chi connectivity index (χ3v) is 10.5. The van der Waals surface area contributed by atoms with E-state index in [0.717, 1.165) is 10.9 Å². The molecule has 3 aromatic rings. The zero-order valence-corrected chi connectivity index (χ0v) is 25.8. The van der Waals surface area contributed by atoms with Crippen LogP contribution in [0.3, 0.4) is 0 Å². The van der Waals surface area contributed by atoms with E-state index in [4.69, 9.17) is 56.9 Å². The molecule has 3 unspecified atom stereocenters. The van der Waals surface area contributed by atoms with Gasteiger partial charge in [0, 0.05) is 12.6 Å². The topological polar surface area (TPSA) is 233 Å². The van der Waals surface area contributed by atoms with Gasteiger partial charge in [0.05, 0.1) is 25.9 Å². The lowest BCUT2D eigenvalue weighted by molar-refractivity contribution is -0.0601. The molecule has 5 N–H and O–H groups in total. The van der Waals surface area contributed by atoms with Crippen molar-refractivity contribution in [2.24, 2.45) is 4.99 Å². The first-order valence-corrected chi connectivity index (χ1v) is 18.3. The fraction of sp³-hybridized carbons (Fsp3) is 0.524. The summed E-state index contributed by atoms with van der Waals surface area (Å²) >= 11 is 10.3. The maximum absolute atomic E-state index is 16.0. The molecule has 10 atom stereocenters. The number of nitrogen functional groups attached to an aromatic ring is 1. The number of aliphatic imine (C=N–C) groups is 1. The zero-order chi connectivity index (χ0) is 31.8. The molecule has 3 aromatic heterocycles. The molecule has 3 saturated heterocycles. The number of H-pyrrole nitrogens is 1. The second-order valence-corrected chi connectivity index (χ2v) is 15.8. The van der Waals surface area contributed by atoms with Crippen LogP contribution < -0.4 is 11.3 Å². The van der Waals surface area contributed by atoms with Gasteiger partial charge < -0.3 is 34.0 Å². The molecule has 0 amide bonds. The van der Waals surface area contributed by atoms with E-state index < -0.39 is 81.4 Å². The first kappa shape index (κ1) is 31.2. The number of hydrogen-bond donors (Lipinski definition) is 4. The van der Waals surface area contributed by atoms with E-state index in [1.165, 1.54) is 17.1 Å². The Morgan fingerprint density at radius 1 is 0.956 bits per heavy atom. The van der Waals surface area contributed by atoms with E-state index in [2.05, 4.69) is 24.9 Å². The van der Waals surface area contributed by atoms with Crippen molar-refractivity contribution < 1.29 is 50.9 Å². The third-order valence-electron chi connectivity index (χ3n) is 7.37. The Hall–Kier alpha value is -2.46. The fourth-order valence-electron chi connectivity index (χ4n) is 5.35. The summed E-state index contributed by atoms with van der Waals surface area (Å²) in [5, 5.41) is 0. The normalized spacial score (nSPS) is 38.8. The van der Waals surface area contributed by atoms with Crippen LogP contribution in [0.15, 0.2) is 22.4 Å². The number of carbonyl (C=O) groups is 1. The Kier molecular flexibility index (Phi) is 7.86. The summed E-state index contributed by atoms with van der Waals surface area (Å²) in [7, 11) is 0. The summed E-state index contributed by atoms with van der Waals surface area (Å²) in [6, 6.07) is 0. The number of imidazole rings is 2. The summed E-state index contributed by atoms with van der Waals surface area (Å²) in [5.41, 5.74) is 4.77. The number of ketones is 1. The number of nitrogens with one attached hydrogen (secondary N) is 1. The number of carbonyl (C=O) groups excluding carboxylic acids is 1. The second kappa shape index (κ2) is 11.4. The van der Waals surface area contributed by atoms with Crippen molar-refractivity contribution in [3.63, 3.8) is 0 Å². The van der Waals surface area contributed by atoms with Crippen molar-refractivity contribution in [2.75, 3.05) is 18.9 Å². The maximum Gasteiger partial charge on any atom is 0.325 e. The van der Waals surface area contributed by atoms with E-state index in [9.17, 15) is 19.4 Å². The molecular formula is C21H22F2N8O10P2S2. The van der Waals surface area contributed by atoms with Crippen LogP contribution in [0.5, 0.6) is 0 Å². The highest BCUT2D eigenvalue weighted by molar-refractivity contribution is 8.07. The van der Waals surface area contributed by atoms with Crippen molar-refractivity contribution in [3.8, 4) is 0 Å². The van der Waals surface area contributed by atoms with E-state index >= 15 is 8.78 Å². The summed E-state index contributed by atoms with van der Waals surface area (Å²) in [4.78, 5) is 64.8. The van der Waals surface area contributed by atoms with Crippen LogP contribution in [-0.4, -0.2) is 101 Å². The number of anilines is 1. The monoisotopic (exact) mass is 710 g/mol. The van der Waals surface area contributed by atoms with Crippen molar-refractivity contribution in [3.05, 3.63) is 28.7 Å². The standard InChI is InChI=1S/C21H22F2N8O10P2S2/c22-10-8-3-36-42(34,44)40-14-9(39-19(11(14)23)30-5-26-12-7(32)1-2-25-16(12)30)4-37-43(35,45)41-15(10)20(38-8)31-6-27-13-17(31)28-21(24)29-18(13)33/h2,5-6,8-11,14-15,19-20H,1,3-4H2,(H,34,44)(H,35,45)(H3,24,28,29,33)/t8-,9-,10-,11+,14-,15?,19-,20-,42?,43?/m1/s1. The molecule has 3 fully saturated rings. The lowest BCUT2D eigenvalue weighted by atomic mass is 10.1. The number of nitrogens with two attached hydrogens (primary N) is 1. The Morgan fingerprint density at radius 3 is 2.38 bits per heavy atom. The average molecular weight is 711 g/mol. The molecule has 0 aliphatic carbocycles. The van der Waals surface area contributed by atoms with Gasteiger partial charge in [-0.25, -0.2) is 23.7 Å². The van der Waals surface area contributed by atoms with Crippen LogP contribution >= 0.6 is 13.4 Å². The van der Waals surface area contributed by atoms with Crippen LogP contribution in [0.25, 0.3) is 11.2 Å². The highest BCUT2D eigenvalue weighted by Crippen LogP contribution is 2.54. The van der Waals surface area contributed by atoms with Gasteiger partial charge >= 0.3 is 13.4 Å². The van der Waals surface area contributed by atoms with Gasteiger partial charge in [0.2, 0.25) is 5.95 Å². The van der Waals surface area contributed by atoms with E-state index in [1.54, 1.807) is 0 Å². The summed E-state index contributed by atoms with van der Waals surface area (Å²) in [6.07, 6.45) is -9.66. The van der Waals surface area contributed by atoms with Crippen molar-refractivity contribution >= 4 is 72.0 Å². The predicted molar refractivity (Wildman–Crippen MR) is 154 cm³/mol. The van der Waals surface area contributed by atoms with E-state index in [1.807, 2.05) is 0 Å². The molecule has 0 aromatic carbocycles. The number of halogens is 2. The predicted octanol–water partition coefficient (Wildman–Crippen LogP) is 0.609. The molecular weight excluding hydrogens is 688 g/mol. The molecule has 4 aliphatic heterocycles. The molecule has 242 valence electrons. The second-order valence-electron chi connectivity index (χ2n) is 10.2. The first-order valence-electron chi connectivity index (χ1n) is 13.1. The van der Waals surface area contributed by atoms with Gasteiger partial charge in [0.1, 0.15) is 24.4 Å². The minimum Gasteiger partial charge on any atom is -0.369 e. The molecule has 7 rings (SSSR count). The van der Waals surface area contributed by atoms with Gasteiger partial charge in [0.25, 0.3) is 5.56 Å². The van der Waals surface area contributed by atoms with Crippen LogP contribution in [0, 0.1) is 0 Å². The summed E-state index contributed by atoms with van der Waals surface area (Å²) < 4.78 is 67.7. The molecule has 7 heterocycles. The lowest BCUT2D eigenvalue weighted by Crippen LogP contribution is -2.34. The molecule has 24 heteroatoms. The lowest BCUT2D eigenvalue weighted by Gasteiger charge is -2.27. The fourth-order valence-corrected chi connectivity index (χ4v) is 8.20. The number of hydrogen-bond acceptors (Lipinski definition) is 15. The Bertz CT molecular complexity index is 1880. The third kappa shape index (κ3) is 5.62. The number of rotatable bonds is 2. The Labute approximate surface area is 260 Å². The van der Waals surface area contributed by atoms with Gasteiger partial charge in [-0.2, -0.15) is 4.98 Å². The number of alkyl halides is 2. The van der Waals surface area contributed by atoms with Crippen LogP contribution in [0.4, 0.5) is 20.5 Å². The van der Waals surface area contributed by atoms with Crippen molar-refractivity contribution in [1.82, 2.24) is 29.1 Å². The molecule has 18 nitrogen and oxygen atoms in total. The van der Waals surface area contributed by atoms with E-state index in [0.29, 0.717) is 0 Å². The van der Waals surface area contributed by atoms with Gasteiger partial charge in [-0.05, 0) is 23.6 Å². The van der Waals surface area contributed by atoms with Crippen LogP contribution in [0.2, 0.25) is 0 Å². The minimum atomic E-state index is -4.36. The molecule has 0 spiro atoms. The highest BCUT2D eigenvalue weighted by atomic mass is 32.5. The molecule has 0 radical (unpaired) electrons. The molecule has 2 bridgehead atoms. The number of aromatic nitrogens is 6. The summed E-state index contributed by atoms with van der Waals surface area (Å²) in [5.74, 6) is -0.548. The Morgan fingerprint density at radius 2 is 1.62 bits per heavy atom. The largest absolute Gasteiger partial charge is 0.369 e. The maximum atomic E-state index is 16.0. The van der Waals surface area contributed by atoms with Gasteiger partial charge in [-0.15, -0.1) is 0 Å². The number of nitrogens with zero attached hydrogens (tertiary/aromatic N) is 6. The minimum absolute atomic E-state index is 0.0152.